The van der Waals surface area contributed by atoms with Crippen molar-refractivity contribution in [2.75, 3.05) is 13.4 Å². The minimum Gasteiger partial charge on any atom is -0.496 e. The normalized spacial score (nSPS) is 10.9. The van der Waals surface area contributed by atoms with Crippen molar-refractivity contribution >= 4 is 22.7 Å². The summed E-state index contributed by atoms with van der Waals surface area (Å²) >= 11 is 1.49. The fourth-order valence-corrected chi connectivity index (χ4v) is 2.51. The van der Waals surface area contributed by atoms with Crippen LogP contribution in [0.2, 0.25) is 0 Å². The van der Waals surface area contributed by atoms with E-state index in [1.807, 2.05) is 6.26 Å². The second-order valence-electron chi connectivity index (χ2n) is 4.17. The molecule has 2 aromatic heterocycles. The molecular formula is C14H12N2O3S. The topological polar surface area (TPSA) is 68.1 Å². The number of methoxy groups -OCH3 is 1. The Balaban J connectivity index is 2.33. The summed E-state index contributed by atoms with van der Waals surface area (Å²) in [6.45, 7) is 0. The van der Waals surface area contributed by atoms with Crippen LogP contribution in [0, 0.1) is 0 Å². The summed E-state index contributed by atoms with van der Waals surface area (Å²) in [7, 11) is 1.58. The van der Waals surface area contributed by atoms with Crippen LogP contribution < -0.4 is 10.2 Å². The second kappa shape index (κ2) is 5.05. The summed E-state index contributed by atoms with van der Waals surface area (Å²) in [5.74, 6) is 1.19. The molecule has 0 unspecified atom stereocenters. The number of H-pyrrole nitrogens is 1. The van der Waals surface area contributed by atoms with Gasteiger partial charge >= 0.3 is 0 Å². The monoisotopic (exact) mass is 288 g/mol. The van der Waals surface area contributed by atoms with Crippen LogP contribution in [-0.2, 0) is 0 Å². The van der Waals surface area contributed by atoms with E-state index in [9.17, 15) is 4.79 Å². The molecule has 0 bridgehead atoms. The Hall–Kier alpha value is -2.21. The van der Waals surface area contributed by atoms with Crippen LogP contribution >= 0.6 is 11.8 Å². The van der Waals surface area contributed by atoms with Crippen molar-refractivity contribution in [3.8, 4) is 17.1 Å². The summed E-state index contributed by atoms with van der Waals surface area (Å²) in [6, 6.07) is 5.15. The average Bonchev–Trinajstić information content (AvgIpc) is 2.99. The van der Waals surface area contributed by atoms with Gasteiger partial charge in [-0.05, 0) is 12.3 Å². The first-order valence-electron chi connectivity index (χ1n) is 5.91. The molecule has 102 valence electrons. The summed E-state index contributed by atoms with van der Waals surface area (Å²) in [6.07, 6.45) is 4.85. The highest BCUT2D eigenvalue weighted by Crippen LogP contribution is 2.32. The third kappa shape index (κ3) is 2.08. The van der Waals surface area contributed by atoms with E-state index in [1.54, 1.807) is 31.5 Å². The first-order chi connectivity index (χ1) is 9.72. The van der Waals surface area contributed by atoms with E-state index in [0.717, 1.165) is 10.5 Å². The number of aromatic nitrogens is 2. The number of benzene rings is 1. The van der Waals surface area contributed by atoms with Gasteiger partial charge < -0.3 is 14.1 Å². The summed E-state index contributed by atoms with van der Waals surface area (Å²) < 4.78 is 10.7. The Labute approximate surface area is 119 Å². The molecule has 1 aromatic carbocycles. The van der Waals surface area contributed by atoms with Crippen molar-refractivity contribution in [2.45, 2.75) is 5.03 Å². The fraction of sp³-hybridized carbons (Fsp3) is 0.143. The first kappa shape index (κ1) is 12.8. The zero-order valence-corrected chi connectivity index (χ0v) is 11.8. The molecule has 3 rings (SSSR count). The number of nitrogens with one attached hydrogen (secondary N) is 1. The predicted octanol–water partition coefficient (Wildman–Crippen LogP) is 2.91. The molecule has 0 fully saturated rings. The molecule has 20 heavy (non-hydrogen) atoms. The molecule has 2 heterocycles. The number of fused-ring (bicyclic) bond motifs is 1. The highest BCUT2D eigenvalue weighted by molar-refractivity contribution is 7.98. The quantitative estimate of drug-likeness (QED) is 0.750. The number of oxazole rings is 1. The van der Waals surface area contributed by atoms with E-state index in [0.29, 0.717) is 22.5 Å². The Bertz CT molecular complexity index is 809. The largest absolute Gasteiger partial charge is 0.496 e. The molecule has 0 radical (unpaired) electrons. The van der Waals surface area contributed by atoms with Crippen LogP contribution in [0.5, 0.6) is 5.75 Å². The smallest absolute Gasteiger partial charge is 0.190 e. The Morgan fingerprint density at radius 1 is 1.35 bits per heavy atom. The van der Waals surface area contributed by atoms with E-state index in [2.05, 4.69) is 9.97 Å². The number of pyridine rings is 1. The number of hydrogen-bond acceptors (Lipinski definition) is 5. The number of hydrogen-bond donors (Lipinski definition) is 1. The molecule has 0 atom stereocenters. The standard InChI is InChI=1S/C14H12N2O3S/c1-18-12-4-10-8(11(17)5-14(16-10)20-2)3-9(12)13-6-15-7-19-13/h3-7H,1-2H3,(H,16,17). The van der Waals surface area contributed by atoms with Gasteiger partial charge in [0.25, 0.3) is 0 Å². The van der Waals surface area contributed by atoms with Crippen LogP contribution in [0.25, 0.3) is 22.2 Å². The van der Waals surface area contributed by atoms with Crippen molar-refractivity contribution in [2.24, 2.45) is 0 Å². The molecule has 0 amide bonds. The lowest BCUT2D eigenvalue weighted by Gasteiger charge is -2.09. The van der Waals surface area contributed by atoms with Gasteiger partial charge in [-0.1, -0.05) is 0 Å². The maximum absolute atomic E-state index is 12.2. The molecular weight excluding hydrogens is 276 g/mol. The van der Waals surface area contributed by atoms with E-state index >= 15 is 0 Å². The summed E-state index contributed by atoms with van der Waals surface area (Å²) in [5.41, 5.74) is 1.41. The lowest BCUT2D eigenvalue weighted by atomic mass is 10.1. The lowest BCUT2D eigenvalue weighted by Crippen LogP contribution is -2.03. The zero-order chi connectivity index (χ0) is 14.1. The van der Waals surface area contributed by atoms with Crippen LogP contribution in [0.4, 0.5) is 0 Å². The van der Waals surface area contributed by atoms with Crippen LogP contribution in [0.1, 0.15) is 0 Å². The van der Waals surface area contributed by atoms with Gasteiger partial charge in [-0.2, -0.15) is 0 Å². The molecule has 0 aliphatic carbocycles. The molecule has 5 nitrogen and oxygen atoms in total. The maximum atomic E-state index is 12.2. The van der Waals surface area contributed by atoms with Crippen molar-refractivity contribution in [1.29, 1.82) is 0 Å². The van der Waals surface area contributed by atoms with Gasteiger partial charge in [-0.25, -0.2) is 4.98 Å². The second-order valence-corrected chi connectivity index (χ2v) is 5.01. The lowest BCUT2D eigenvalue weighted by molar-refractivity contribution is 0.415. The van der Waals surface area contributed by atoms with E-state index < -0.39 is 0 Å². The zero-order valence-electron chi connectivity index (χ0n) is 11.0. The van der Waals surface area contributed by atoms with Crippen molar-refractivity contribution in [3.63, 3.8) is 0 Å². The van der Waals surface area contributed by atoms with Gasteiger partial charge in [0.2, 0.25) is 0 Å². The number of aromatic amines is 1. The SMILES string of the molecule is COc1cc2[nH]c(SC)cc(=O)c2cc1-c1cnco1. The van der Waals surface area contributed by atoms with Gasteiger partial charge in [0.1, 0.15) is 5.75 Å². The van der Waals surface area contributed by atoms with Crippen LogP contribution in [-0.4, -0.2) is 23.3 Å². The van der Waals surface area contributed by atoms with Crippen molar-refractivity contribution in [3.05, 3.63) is 41.0 Å². The minimum absolute atomic E-state index is 0.0356. The van der Waals surface area contributed by atoms with E-state index in [1.165, 1.54) is 18.2 Å². The van der Waals surface area contributed by atoms with Gasteiger partial charge in [0.05, 0.1) is 29.4 Å². The maximum Gasteiger partial charge on any atom is 0.190 e. The third-order valence-corrected chi connectivity index (χ3v) is 3.70. The molecule has 0 saturated heterocycles. The molecule has 0 aliphatic heterocycles. The van der Waals surface area contributed by atoms with Gasteiger partial charge in [-0.15, -0.1) is 11.8 Å². The summed E-state index contributed by atoms with van der Waals surface area (Å²) in [5, 5.41) is 1.41. The van der Waals surface area contributed by atoms with Gasteiger partial charge in [-0.3, -0.25) is 4.79 Å². The minimum atomic E-state index is -0.0356. The fourth-order valence-electron chi connectivity index (χ4n) is 2.07. The molecule has 0 aliphatic rings. The molecule has 0 spiro atoms. The van der Waals surface area contributed by atoms with Gasteiger partial charge in [0, 0.05) is 17.5 Å². The first-order valence-corrected chi connectivity index (χ1v) is 7.13. The van der Waals surface area contributed by atoms with Crippen molar-refractivity contribution < 1.29 is 9.15 Å². The van der Waals surface area contributed by atoms with Gasteiger partial charge in [0.15, 0.2) is 17.6 Å². The van der Waals surface area contributed by atoms with Crippen LogP contribution in [0.3, 0.4) is 0 Å². The molecule has 1 N–H and O–H groups in total. The van der Waals surface area contributed by atoms with E-state index in [-0.39, 0.29) is 5.43 Å². The summed E-state index contributed by atoms with van der Waals surface area (Å²) in [4.78, 5) is 19.3. The Morgan fingerprint density at radius 2 is 2.20 bits per heavy atom. The highest BCUT2D eigenvalue weighted by atomic mass is 32.2. The average molecular weight is 288 g/mol. The highest BCUT2D eigenvalue weighted by Gasteiger charge is 2.13. The Kier molecular flexibility index (Phi) is 3.23. The number of thioether (sulfide) groups is 1. The molecule has 3 aromatic rings. The number of nitrogens with zero attached hydrogens (tertiary/aromatic N) is 1. The van der Waals surface area contributed by atoms with Crippen molar-refractivity contribution in [1.82, 2.24) is 9.97 Å². The number of ether oxygens (including phenoxy) is 1. The Morgan fingerprint density at radius 3 is 2.85 bits per heavy atom. The predicted molar refractivity (Wildman–Crippen MR) is 78.4 cm³/mol. The molecule has 6 heteroatoms. The number of rotatable bonds is 3. The van der Waals surface area contributed by atoms with E-state index in [4.69, 9.17) is 9.15 Å². The van der Waals surface area contributed by atoms with Crippen LogP contribution in [0.15, 0.2) is 45.0 Å². The third-order valence-electron chi connectivity index (χ3n) is 3.04. The molecule has 0 saturated carbocycles.